The number of halogens is 1. The van der Waals surface area contributed by atoms with Gasteiger partial charge in [0.25, 0.3) is 10.0 Å². The lowest BCUT2D eigenvalue weighted by Crippen LogP contribution is -2.30. The molecule has 0 radical (unpaired) electrons. The summed E-state index contributed by atoms with van der Waals surface area (Å²) in [6, 6.07) is 7.54. The molecule has 1 aromatic carbocycles. The van der Waals surface area contributed by atoms with E-state index in [0.717, 1.165) is 20.5 Å². The summed E-state index contributed by atoms with van der Waals surface area (Å²) in [5.41, 5.74) is 0.615. The van der Waals surface area contributed by atoms with Gasteiger partial charge < -0.3 is 5.11 Å². The fraction of sp³-hybridized carbons (Fsp3) is 0.231. The molecule has 0 atom stereocenters. The second-order valence-corrected chi connectivity index (χ2v) is 7.52. The maximum Gasteiger partial charge on any atom is 0.340 e. The van der Waals surface area contributed by atoms with E-state index in [0.29, 0.717) is 6.42 Å². The Bertz CT molecular complexity index is 771. The number of hydrogen-bond acceptors (Lipinski definition) is 4. The molecular formula is C13H14BrN3O4S. The molecule has 0 fully saturated rings. The molecule has 1 heterocycles. The first-order chi connectivity index (χ1) is 10.3. The van der Waals surface area contributed by atoms with Crippen molar-refractivity contribution < 1.29 is 18.3 Å². The van der Waals surface area contributed by atoms with Crippen LogP contribution in [0.1, 0.15) is 15.9 Å². The number of nitrogens with zero attached hydrogens (tertiary/aromatic N) is 2. The highest BCUT2D eigenvalue weighted by Crippen LogP contribution is 2.17. The Labute approximate surface area is 136 Å². The molecule has 0 amide bonds. The first-order valence-electron chi connectivity index (χ1n) is 6.30. The highest BCUT2D eigenvalue weighted by Gasteiger charge is 2.28. The number of likely N-dealkylation sites (N-methyl/N-ethyl adjacent to an activating group) is 1. The monoisotopic (exact) mass is 387 g/mol. The molecule has 2 N–H and O–H groups in total. The molecule has 118 valence electrons. The van der Waals surface area contributed by atoms with Gasteiger partial charge in [0, 0.05) is 18.1 Å². The molecular weight excluding hydrogens is 374 g/mol. The smallest absolute Gasteiger partial charge is 0.340 e. The molecule has 0 aliphatic carbocycles. The van der Waals surface area contributed by atoms with Gasteiger partial charge in [-0.1, -0.05) is 28.1 Å². The zero-order valence-corrected chi connectivity index (χ0v) is 14.1. The highest BCUT2D eigenvalue weighted by atomic mass is 79.9. The number of carboxylic acids is 1. The molecule has 0 saturated carbocycles. The number of nitrogens with one attached hydrogen (secondary N) is 1. The number of aromatic nitrogens is 2. The van der Waals surface area contributed by atoms with Crippen molar-refractivity contribution in [1.29, 1.82) is 0 Å². The highest BCUT2D eigenvalue weighted by molar-refractivity contribution is 9.10. The summed E-state index contributed by atoms with van der Waals surface area (Å²) >= 11 is 3.33. The Morgan fingerprint density at radius 2 is 2.00 bits per heavy atom. The predicted molar refractivity (Wildman–Crippen MR) is 83.2 cm³/mol. The number of aromatic amines is 1. The van der Waals surface area contributed by atoms with Gasteiger partial charge in [0.05, 0.1) is 6.20 Å². The maximum absolute atomic E-state index is 12.4. The number of carboxylic acid groups (broad SMARTS) is 1. The summed E-state index contributed by atoms with van der Waals surface area (Å²) in [5.74, 6) is -1.34. The minimum atomic E-state index is -3.92. The minimum absolute atomic E-state index is 0.224. The number of carbonyl (C=O) groups is 1. The number of hydrogen-bond donors (Lipinski definition) is 2. The van der Waals surface area contributed by atoms with Crippen LogP contribution >= 0.6 is 15.9 Å². The summed E-state index contributed by atoms with van der Waals surface area (Å²) in [6.45, 7) is 0.224. The fourth-order valence-corrected chi connectivity index (χ4v) is 3.33. The minimum Gasteiger partial charge on any atom is -0.478 e. The lowest BCUT2D eigenvalue weighted by Gasteiger charge is -2.16. The Morgan fingerprint density at radius 3 is 2.59 bits per heavy atom. The second kappa shape index (κ2) is 6.59. The van der Waals surface area contributed by atoms with Gasteiger partial charge in [-0.25, -0.2) is 13.2 Å². The van der Waals surface area contributed by atoms with Gasteiger partial charge in [-0.15, -0.1) is 0 Å². The predicted octanol–water partition coefficient (Wildman–Crippen LogP) is 1.73. The molecule has 2 aromatic rings. The van der Waals surface area contributed by atoms with E-state index in [9.17, 15) is 13.2 Å². The molecule has 2 rings (SSSR count). The van der Waals surface area contributed by atoms with E-state index in [1.54, 1.807) is 0 Å². The van der Waals surface area contributed by atoms with E-state index in [4.69, 9.17) is 5.11 Å². The van der Waals surface area contributed by atoms with Gasteiger partial charge in [-0.2, -0.15) is 9.40 Å². The fourth-order valence-electron chi connectivity index (χ4n) is 1.84. The van der Waals surface area contributed by atoms with Gasteiger partial charge >= 0.3 is 5.97 Å². The average Bonchev–Trinajstić information content (AvgIpc) is 2.96. The molecule has 22 heavy (non-hydrogen) atoms. The van der Waals surface area contributed by atoms with E-state index in [1.807, 2.05) is 24.3 Å². The van der Waals surface area contributed by atoms with Crippen LogP contribution in [0.3, 0.4) is 0 Å². The zero-order valence-electron chi connectivity index (χ0n) is 11.7. The van der Waals surface area contributed by atoms with Gasteiger partial charge in [0.15, 0.2) is 5.03 Å². The standard InChI is InChI=1S/C13H14BrN3O4S/c1-17(7-6-9-2-4-10(14)5-3-9)22(20,21)12-11(13(18)19)8-15-16-12/h2-5,8H,6-7H2,1H3,(H,15,16)(H,18,19). The third-order valence-corrected chi connectivity index (χ3v) is 5.49. The van der Waals surface area contributed by atoms with Crippen LogP contribution in [0.25, 0.3) is 0 Å². The Morgan fingerprint density at radius 1 is 1.36 bits per heavy atom. The molecule has 9 heteroatoms. The van der Waals surface area contributed by atoms with Crippen molar-refractivity contribution in [3.8, 4) is 0 Å². The first-order valence-corrected chi connectivity index (χ1v) is 8.53. The van der Waals surface area contributed by atoms with E-state index in [1.165, 1.54) is 7.05 Å². The third-order valence-electron chi connectivity index (χ3n) is 3.13. The van der Waals surface area contributed by atoms with Crippen LogP contribution in [0.5, 0.6) is 0 Å². The Balaban J connectivity index is 2.13. The summed E-state index contributed by atoms with van der Waals surface area (Å²) in [5, 5.41) is 14.3. The van der Waals surface area contributed by atoms with Crippen LogP contribution in [0.15, 0.2) is 40.0 Å². The molecule has 0 unspecified atom stereocenters. The molecule has 0 bridgehead atoms. The summed E-state index contributed by atoms with van der Waals surface area (Å²) < 4.78 is 26.8. The first kappa shape index (κ1) is 16.7. The second-order valence-electron chi connectivity index (χ2n) is 4.62. The van der Waals surface area contributed by atoms with Crippen molar-refractivity contribution >= 4 is 31.9 Å². The van der Waals surface area contributed by atoms with Crippen molar-refractivity contribution in [2.24, 2.45) is 0 Å². The molecule has 0 aliphatic rings. The van der Waals surface area contributed by atoms with Crippen molar-refractivity contribution in [1.82, 2.24) is 14.5 Å². The Kier molecular flexibility index (Phi) is 4.99. The van der Waals surface area contributed by atoms with E-state index >= 15 is 0 Å². The van der Waals surface area contributed by atoms with Crippen molar-refractivity contribution in [3.63, 3.8) is 0 Å². The van der Waals surface area contributed by atoms with Gasteiger partial charge in [-0.05, 0) is 24.1 Å². The van der Waals surface area contributed by atoms with Crippen LogP contribution in [0.2, 0.25) is 0 Å². The van der Waals surface area contributed by atoms with Crippen molar-refractivity contribution in [3.05, 3.63) is 46.1 Å². The molecule has 0 spiro atoms. The van der Waals surface area contributed by atoms with Gasteiger partial charge in [0.1, 0.15) is 5.56 Å². The maximum atomic E-state index is 12.4. The number of benzene rings is 1. The zero-order chi connectivity index (χ0) is 16.3. The van der Waals surface area contributed by atoms with Crippen LogP contribution in [-0.4, -0.2) is 47.6 Å². The van der Waals surface area contributed by atoms with Crippen LogP contribution < -0.4 is 0 Å². The van der Waals surface area contributed by atoms with E-state index in [2.05, 4.69) is 26.1 Å². The van der Waals surface area contributed by atoms with Crippen LogP contribution in [0, 0.1) is 0 Å². The van der Waals surface area contributed by atoms with Crippen LogP contribution in [0.4, 0.5) is 0 Å². The summed E-state index contributed by atoms with van der Waals surface area (Å²) in [6.07, 6.45) is 1.50. The quantitative estimate of drug-likeness (QED) is 0.785. The van der Waals surface area contributed by atoms with E-state index < -0.39 is 21.0 Å². The number of sulfonamides is 1. The lowest BCUT2D eigenvalue weighted by molar-refractivity contribution is 0.0692. The van der Waals surface area contributed by atoms with Crippen LogP contribution in [-0.2, 0) is 16.4 Å². The SMILES string of the molecule is CN(CCc1ccc(Br)cc1)S(=O)(=O)c1[nH]ncc1C(=O)O. The van der Waals surface area contributed by atoms with E-state index in [-0.39, 0.29) is 12.1 Å². The number of aromatic carboxylic acids is 1. The van der Waals surface area contributed by atoms with Crippen molar-refractivity contribution in [2.75, 3.05) is 13.6 Å². The summed E-state index contributed by atoms with van der Waals surface area (Å²) in [7, 11) is -2.52. The topological polar surface area (TPSA) is 103 Å². The van der Waals surface area contributed by atoms with Gasteiger partial charge in [0.2, 0.25) is 0 Å². The van der Waals surface area contributed by atoms with Crippen molar-refractivity contribution in [2.45, 2.75) is 11.4 Å². The molecule has 0 saturated heterocycles. The third kappa shape index (κ3) is 3.54. The normalized spacial score (nSPS) is 11.8. The Hall–Kier alpha value is -1.71. The number of H-pyrrole nitrogens is 1. The molecule has 1 aromatic heterocycles. The average molecular weight is 388 g/mol. The van der Waals surface area contributed by atoms with Gasteiger partial charge in [-0.3, -0.25) is 5.10 Å². The largest absolute Gasteiger partial charge is 0.478 e. The molecule has 7 nitrogen and oxygen atoms in total. The number of rotatable bonds is 6. The molecule has 0 aliphatic heterocycles. The lowest BCUT2D eigenvalue weighted by atomic mass is 10.1. The summed E-state index contributed by atoms with van der Waals surface area (Å²) in [4.78, 5) is 11.0.